The lowest BCUT2D eigenvalue weighted by atomic mass is 10.3. The summed E-state index contributed by atoms with van der Waals surface area (Å²) in [5, 5.41) is 4.78. The van der Waals surface area contributed by atoms with Gasteiger partial charge in [0.2, 0.25) is 0 Å². The predicted molar refractivity (Wildman–Crippen MR) is 73.6 cm³/mol. The van der Waals surface area contributed by atoms with Crippen LogP contribution in [0.1, 0.15) is 13.8 Å². The normalized spacial score (nSPS) is 11.2. The Morgan fingerprint density at radius 1 is 1.21 bits per heavy atom. The van der Waals surface area contributed by atoms with Gasteiger partial charge in [0, 0.05) is 12.3 Å². The van der Waals surface area contributed by atoms with E-state index >= 15 is 0 Å². The molecule has 0 saturated carbocycles. The second kappa shape index (κ2) is 5.91. The van der Waals surface area contributed by atoms with Crippen molar-refractivity contribution < 1.29 is 4.79 Å². The molecule has 1 aromatic carbocycles. The molecule has 1 amide bonds. The Hall–Kier alpha value is -2.49. The molecule has 19 heavy (non-hydrogen) atoms. The van der Waals surface area contributed by atoms with Crippen molar-refractivity contribution in [3.05, 3.63) is 65.8 Å². The zero-order valence-electron chi connectivity index (χ0n) is 10.9. The highest BCUT2D eigenvalue weighted by molar-refractivity contribution is 5.88. The highest BCUT2D eigenvalue weighted by Crippen LogP contribution is 2.02. The number of hydrogen-bond acceptors (Lipinski definition) is 2. The lowest BCUT2D eigenvalue weighted by Gasteiger charge is -2.03. The first-order valence-corrected chi connectivity index (χ1v) is 5.99. The van der Waals surface area contributed by atoms with Crippen molar-refractivity contribution in [3.8, 4) is 5.69 Å². The third kappa shape index (κ3) is 3.74. The summed E-state index contributed by atoms with van der Waals surface area (Å²) in [6.07, 6.45) is 4.85. The fraction of sp³-hybridized carbons (Fsp3) is 0.133. The highest BCUT2D eigenvalue weighted by Gasteiger charge is 1.95. The average Bonchev–Trinajstić information content (AvgIpc) is 2.39. The second-order valence-corrected chi connectivity index (χ2v) is 4.34. The van der Waals surface area contributed by atoms with E-state index in [9.17, 15) is 4.79 Å². The van der Waals surface area contributed by atoms with Crippen LogP contribution in [0.3, 0.4) is 0 Å². The molecule has 1 heterocycles. The molecule has 0 saturated heterocycles. The summed E-state index contributed by atoms with van der Waals surface area (Å²) < 4.78 is 1.73. The molecular weight excluding hydrogens is 238 g/mol. The number of para-hydroxylation sites is 1. The van der Waals surface area contributed by atoms with Crippen LogP contribution in [0.4, 0.5) is 0 Å². The van der Waals surface area contributed by atoms with E-state index in [2.05, 4.69) is 10.1 Å². The van der Waals surface area contributed by atoms with Crippen molar-refractivity contribution in [2.75, 3.05) is 0 Å². The lowest BCUT2D eigenvalue weighted by Crippen LogP contribution is -2.10. The largest absolute Gasteiger partial charge is 0.270 e. The summed E-state index contributed by atoms with van der Waals surface area (Å²) >= 11 is 0. The number of carbonyl (C=O) groups is 1. The van der Waals surface area contributed by atoms with Crippen LogP contribution in [0.2, 0.25) is 0 Å². The summed E-state index contributed by atoms with van der Waals surface area (Å²) in [6.45, 7) is 3.72. The third-order valence-corrected chi connectivity index (χ3v) is 2.37. The van der Waals surface area contributed by atoms with Crippen molar-refractivity contribution in [2.45, 2.75) is 13.8 Å². The van der Waals surface area contributed by atoms with Gasteiger partial charge in [-0.2, -0.15) is 5.10 Å². The number of amides is 1. The minimum absolute atomic E-state index is 0.265. The Bertz CT molecular complexity index is 645. The van der Waals surface area contributed by atoms with E-state index in [4.69, 9.17) is 0 Å². The van der Waals surface area contributed by atoms with Crippen LogP contribution in [0, 0.1) is 0 Å². The molecule has 96 valence electrons. The number of allylic oxidation sites excluding steroid dienone is 1. The van der Waals surface area contributed by atoms with Crippen molar-refractivity contribution in [1.29, 1.82) is 0 Å². The molecule has 0 bridgehead atoms. The smallest absolute Gasteiger partial charge is 0.267 e. The Morgan fingerprint density at radius 2 is 1.95 bits per heavy atom. The van der Waals surface area contributed by atoms with Crippen LogP contribution in [-0.2, 0) is 4.79 Å². The van der Waals surface area contributed by atoms with Gasteiger partial charge in [0.15, 0.2) is 0 Å². The van der Waals surface area contributed by atoms with Crippen LogP contribution in [-0.4, -0.2) is 15.7 Å². The van der Waals surface area contributed by atoms with Gasteiger partial charge >= 0.3 is 0 Å². The molecule has 2 rings (SSSR count). The topological polar surface area (TPSA) is 47.2 Å². The van der Waals surface area contributed by atoms with Crippen molar-refractivity contribution >= 4 is 5.91 Å². The summed E-state index contributed by atoms with van der Waals surface area (Å²) in [4.78, 5) is 15.4. The maximum absolute atomic E-state index is 11.5. The molecule has 1 aromatic heterocycles. The van der Waals surface area contributed by atoms with E-state index in [0.717, 1.165) is 11.3 Å². The first kappa shape index (κ1) is 13.0. The van der Waals surface area contributed by atoms with Crippen LogP contribution < -0.4 is 5.36 Å². The molecular formula is C15H15N3O. The van der Waals surface area contributed by atoms with Crippen molar-refractivity contribution in [2.24, 2.45) is 4.99 Å². The van der Waals surface area contributed by atoms with Crippen molar-refractivity contribution in [1.82, 2.24) is 9.78 Å². The molecule has 0 spiro atoms. The third-order valence-electron chi connectivity index (χ3n) is 2.37. The standard InChI is InChI=1S/C15H15N3O/c1-12(2)10-15(19)17-13-8-9-18(16-11-13)14-6-4-3-5-7-14/h3-11H,1-2H3. The minimum atomic E-state index is -0.265. The molecule has 0 atom stereocenters. The fourth-order valence-electron chi connectivity index (χ4n) is 1.56. The van der Waals surface area contributed by atoms with E-state index in [0.29, 0.717) is 5.36 Å². The van der Waals surface area contributed by atoms with E-state index in [1.165, 1.54) is 6.08 Å². The maximum Gasteiger partial charge on any atom is 0.270 e. The van der Waals surface area contributed by atoms with Crippen LogP contribution in [0.25, 0.3) is 5.69 Å². The summed E-state index contributed by atoms with van der Waals surface area (Å²) in [6, 6.07) is 11.5. The van der Waals surface area contributed by atoms with Gasteiger partial charge in [-0.25, -0.2) is 9.67 Å². The molecule has 0 aliphatic heterocycles. The number of hydrogen-bond donors (Lipinski definition) is 0. The SMILES string of the molecule is CC(C)=CC(=O)N=c1ccn(-c2ccccc2)nc1. The van der Waals surface area contributed by atoms with E-state index in [1.807, 2.05) is 44.2 Å². The summed E-state index contributed by atoms with van der Waals surface area (Å²) in [5.41, 5.74) is 1.89. The van der Waals surface area contributed by atoms with E-state index in [-0.39, 0.29) is 5.91 Å². The van der Waals surface area contributed by atoms with Crippen LogP contribution in [0.15, 0.2) is 65.4 Å². The van der Waals surface area contributed by atoms with E-state index < -0.39 is 0 Å². The first-order chi connectivity index (χ1) is 9.15. The van der Waals surface area contributed by atoms with Crippen LogP contribution in [0.5, 0.6) is 0 Å². The van der Waals surface area contributed by atoms with Gasteiger partial charge in [-0.1, -0.05) is 23.8 Å². The molecule has 4 heteroatoms. The van der Waals surface area contributed by atoms with Gasteiger partial charge in [-0.05, 0) is 32.0 Å². The molecule has 0 aliphatic carbocycles. The number of rotatable bonds is 2. The van der Waals surface area contributed by atoms with Gasteiger partial charge in [0.1, 0.15) is 0 Å². The molecule has 0 radical (unpaired) electrons. The zero-order valence-corrected chi connectivity index (χ0v) is 10.9. The maximum atomic E-state index is 11.5. The summed E-state index contributed by atoms with van der Waals surface area (Å²) in [5.74, 6) is -0.265. The molecule has 2 aromatic rings. The number of nitrogens with zero attached hydrogens (tertiary/aromatic N) is 3. The quantitative estimate of drug-likeness (QED) is 0.771. The van der Waals surface area contributed by atoms with Gasteiger partial charge in [-0.3, -0.25) is 4.79 Å². The predicted octanol–water partition coefficient (Wildman–Crippen LogP) is 2.27. The van der Waals surface area contributed by atoms with Gasteiger partial charge in [0.25, 0.3) is 5.91 Å². The van der Waals surface area contributed by atoms with E-state index in [1.54, 1.807) is 23.1 Å². The Balaban J connectivity index is 2.27. The van der Waals surface area contributed by atoms with Gasteiger partial charge < -0.3 is 0 Å². The number of benzene rings is 1. The highest BCUT2D eigenvalue weighted by atomic mass is 16.1. The van der Waals surface area contributed by atoms with Gasteiger partial charge in [0.05, 0.1) is 17.2 Å². The fourth-order valence-corrected chi connectivity index (χ4v) is 1.56. The molecule has 0 N–H and O–H groups in total. The zero-order chi connectivity index (χ0) is 13.7. The van der Waals surface area contributed by atoms with Gasteiger partial charge in [-0.15, -0.1) is 0 Å². The average molecular weight is 253 g/mol. The lowest BCUT2D eigenvalue weighted by molar-refractivity contribution is -0.113. The molecule has 0 aliphatic rings. The Morgan fingerprint density at radius 3 is 2.53 bits per heavy atom. The molecule has 0 unspecified atom stereocenters. The minimum Gasteiger partial charge on any atom is -0.267 e. The molecule has 4 nitrogen and oxygen atoms in total. The number of carbonyl (C=O) groups excluding carboxylic acids is 1. The Kier molecular flexibility index (Phi) is 4.03. The Labute approximate surface area is 111 Å². The number of aromatic nitrogens is 2. The van der Waals surface area contributed by atoms with Crippen LogP contribution >= 0.6 is 0 Å². The molecule has 0 fully saturated rings. The van der Waals surface area contributed by atoms with Crippen molar-refractivity contribution in [3.63, 3.8) is 0 Å². The second-order valence-electron chi connectivity index (χ2n) is 4.34. The first-order valence-electron chi connectivity index (χ1n) is 5.99. The summed E-state index contributed by atoms with van der Waals surface area (Å²) in [7, 11) is 0. The monoisotopic (exact) mass is 253 g/mol.